The number of carboxylic acids is 1. The molecule has 2 amide bonds. The fraction of sp³-hybridized carbons (Fsp3) is 0.419. The molecule has 0 radical (unpaired) electrons. The SMILES string of the molecule is O=C1N[C@]2(C(=O)O)C[C@H]2/C=C\CCCCC[C@H](Nc2cccc(F)c2)C(=O)N2C[C@H](Oc3nc4ccc(F)cc4s3)C[C@@H]12. The molecule has 0 unspecified atom stereocenters. The van der Waals surface area contributed by atoms with Crippen LogP contribution in [-0.4, -0.2) is 63.0 Å². The van der Waals surface area contributed by atoms with Crippen molar-refractivity contribution in [3.8, 4) is 5.19 Å². The van der Waals surface area contributed by atoms with Gasteiger partial charge in [0.05, 0.1) is 16.8 Å². The Morgan fingerprint density at radius 2 is 1.98 bits per heavy atom. The molecule has 3 aromatic rings. The van der Waals surface area contributed by atoms with Crippen molar-refractivity contribution in [2.75, 3.05) is 11.9 Å². The lowest BCUT2D eigenvalue weighted by Crippen LogP contribution is -2.55. The molecule has 3 aliphatic rings. The molecule has 43 heavy (non-hydrogen) atoms. The van der Waals surface area contributed by atoms with Crippen LogP contribution in [0.15, 0.2) is 54.6 Å². The molecule has 1 saturated carbocycles. The normalized spacial score (nSPS) is 28.7. The summed E-state index contributed by atoms with van der Waals surface area (Å²) in [5.41, 5.74) is -0.407. The number of carbonyl (C=O) groups excluding carboxylic acids is 2. The van der Waals surface area contributed by atoms with Crippen molar-refractivity contribution in [1.82, 2.24) is 15.2 Å². The van der Waals surface area contributed by atoms with Crippen molar-refractivity contribution >= 4 is 45.0 Å². The minimum Gasteiger partial charge on any atom is -0.479 e. The van der Waals surface area contributed by atoms with Crippen LogP contribution >= 0.6 is 11.3 Å². The van der Waals surface area contributed by atoms with Gasteiger partial charge in [0.25, 0.3) is 5.19 Å². The maximum Gasteiger partial charge on any atom is 0.330 e. The van der Waals surface area contributed by atoms with Gasteiger partial charge in [-0.3, -0.25) is 9.59 Å². The van der Waals surface area contributed by atoms with Gasteiger partial charge in [-0.05, 0) is 62.1 Å². The molecule has 12 heteroatoms. The van der Waals surface area contributed by atoms with Crippen LogP contribution in [0.5, 0.6) is 5.19 Å². The number of nitrogens with zero attached hydrogens (tertiary/aromatic N) is 2. The van der Waals surface area contributed by atoms with Crippen LogP contribution in [0.1, 0.15) is 44.9 Å². The van der Waals surface area contributed by atoms with Gasteiger partial charge in [-0.15, -0.1) is 0 Å². The van der Waals surface area contributed by atoms with Gasteiger partial charge in [0, 0.05) is 18.0 Å². The van der Waals surface area contributed by atoms with E-state index in [1.54, 1.807) is 18.2 Å². The van der Waals surface area contributed by atoms with Crippen molar-refractivity contribution in [2.24, 2.45) is 5.92 Å². The lowest BCUT2D eigenvalue weighted by molar-refractivity contribution is -0.145. The number of ether oxygens (including phenoxy) is 1. The van der Waals surface area contributed by atoms with Crippen LogP contribution in [0.25, 0.3) is 10.2 Å². The number of aromatic nitrogens is 1. The van der Waals surface area contributed by atoms with Gasteiger partial charge in [0.1, 0.15) is 35.4 Å². The van der Waals surface area contributed by atoms with E-state index in [9.17, 15) is 28.3 Å². The number of hydrogen-bond acceptors (Lipinski definition) is 7. The first-order chi connectivity index (χ1) is 20.7. The van der Waals surface area contributed by atoms with Crippen LogP contribution in [0.4, 0.5) is 14.5 Å². The molecule has 3 heterocycles. The van der Waals surface area contributed by atoms with E-state index in [1.165, 1.54) is 29.2 Å². The average Bonchev–Trinajstić information content (AvgIpc) is 3.29. The Kier molecular flexibility index (Phi) is 8.04. The Hall–Kier alpha value is -4.06. The highest BCUT2D eigenvalue weighted by molar-refractivity contribution is 7.20. The quantitative estimate of drug-likeness (QED) is 0.352. The molecule has 6 rings (SSSR count). The fourth-order valence-corrected chi connectivity index (χ4v) is 6.90. The molecule has 226 valence electrons. The number of aliphatic carboxylic acids is 1. The fourth-order valence-electron chi connectivity index (χ4n) is 6.00. The number of fused-ring (bicyclic) bond motifs is 3. The van der Waals surface area contributed by atoms with E-state index >= 15 is 0 Å². The van der Waals surface area contributed by atoms with Crippen molar-refractivity contribution in [1.29, 1.82) is 0 Å². The molecule has 1 aliphatic carbocycles. The highest BCUT2D eigenvalue weighted by Gasteiger charge is 2.61. The first-order valence-electron chi connectivity index (χ1n) is 14.5. The third kappa shape index (κ3) is 6.20. The maximum atomic E-state index is 14.1. The number of thiazole rings is 1. The predicted molar refractivity (Wildman–Crippen MR) is 157 cm³/mol. The number of hydrogen-bond donors (Lipinski definition) is 3. The summed E-state index contributed by atoms with van der Waals surface area (Å²) in [6.45, 7) is 0.0614. The number of rotatable bonds is 5. The molecule has 5 atom stereocenters. The smallest absolute Gasteiger partial charge is 0.330 e. The monoisotopic (exact) mass is 610 g/mol. The summed E-state index contributed by atoms with van der Waals surface area (Å²) in [6.07, 6.45) is 7.26. The molecule has 1 aromatic heterocycles. The van der Waals surface area contributed by atoms with Gasteiger partial charge in [0.15, 0.2) is 0 Å². The van der Waals surface area contributed by atoms with Gasteiger partial charge in [-0.1, -0.05) is 42.4 Å². The third-order valence-corrected chi connectivity index (χ3v) is 9.29. The number of anilines is 1. The molecule has 0 bridgehead atoms. The second-order valence-electron chi connectivity index (χ2n) is 11.4. The lowest BCUT2D eigenvalue weighted by Gasteiger charge is -2.30. The highest BCUT2D eigenvalue weighted by Crippen LogP contribution is 2.45. The summed E-state index contributed by atoms with van der Waals surface area (Å²) in [7, 11) is 0. The summed E-state index contributed by atoms with van der Waals surface area (Å²) >= 11 is 1.16. The number of nitrogens with one attached hydrogen (secondary N) is 2. The van der Waals surface area contributed by atoms with Crippen LogP contribution in [-0.2, 0) is 14.4 Å². The second kappa shape index (κ2) is 11.9. The number of amides is 2. The number of carboxylic acid groups (broad SMARTS) is 1. The van der Waals surface area contributed by atoms with E-state index in [4.69, 9.17) is 4.74 Å². The molecule has 2 aromatic carbocycles. The predicted octanol–water partition coefficient (Wildman–Crippen LogP) is 4.88. The summed E-state index contributed by atoms with van der Waals surface area (Å²) in [5, 5.41) is 16.2. The minimum absolute atomic E-state index is 0.0614. The van der Waals surface area contributed by atoms with Crippen LogP contribution < -0.4 is 15.4 Å². The first kappa shape index (κ1) is 29.0. The zero-order valence-corrected chi connectivity index (χ0v) is 24.1. The van der Waals surface area contributed by atoms with Gasteiger partial charge in [-0.25, -0.2) is 18.6 Å². The third-order valence-electron chi connectivity index (χ3n) is 8.39. The average molecular weight is 611 g/mol. The lowest BCUT2D eigenvalue weighted by atomic mass is 10.0. The van der Waals surface area contributed by atoms with Crippen molar-refractivity contribution in [2.45, 2.75) is 68.7 Å². The summed E-state index contributed by atoms with van der Waals surface area (Å²) in [4.78, 5) is 46.0. The second-order valence-corrected chi connectivity index (χ2v) is 12.4. The minimum atomic E-state index is -1.42. The molecule has 2 fully saturated rings. The van der Waals surface area contributed by atoms with Gasteiger partial charge in [-0.2, -0.15) is 0 Å². The van der Waals surface area contributed by atoms with E-state index in [-0.39, 0.29) is 36.4 Å². The topological polar surface area (TPSA) is 121 Å². The van der Waals surface area contributed by atoms with Gasteiger partial charge < -0.3 is 25.4 Å². The molecule has 2 aliphatic heterocycles. The van der Waals surface area contributed by atoms with Crippen LogP contribution in [0.2, 0.25) is 0 Å². The summed E-state index contributed by atoms with van der Waals surface area (Å²) in [6, 6.07) is 8.35. The maximum absolute atomic E-state index is 14.1. The molecule has 9 nitrogen and oxygen atoms in total. The van der Waals surface area contributed by atoms with E-state index in [0.717, 1.165) is 37.0 Å². The summed E-state index contributed by atoms with van der Waals surface area (Å²) < 4.78 is 34.4. The van der Waals surface area contributed by atoms with E-state index in [1.807, 2.05) is 12.2 Å². The van der Waals surface area contributed by atoms with Crippen LogP contribution in [0, 0.1) is 17.6 Å². The van der Waals surface area contributed by atoms with Gasteiger partial charge >= 0.3 is 5.97 Å². The van der Waals surface area contributed by atoms with Gasteiger partial charge in [0.2, 0.25) is 11.8 Å². The molecular formula is C31H32F2N4O5S. The standard InChI is InChI=1S/C31H32F2N4O5S/c32-19-8-6-9-21(13-19)34-24-10-5-3-1-2-4-7-18-16-31(18,29(40)41)36-27(38)25-15-22(17-37(25)28(24)39)42-30-35-23-12-11-20(33)14-26(23)43-30/h4,6-9,11-14,18,22,24-25,34H,1-3,5,10,15-17H2,(H,36,38)(H,40,41)/b7-4-/t18-,22-,24+,25+,31-/m1/s1. The van der Waals surface area contributed by atoms with Crippen molar-refractivity contribution < 1.29 is 33.0 Å². The number of carbonyl (C=O) groups is 3. The molecule has 1 saturated heterocycles. The van der Waals surface area contributed by atoms with Crippen molar-refractivity contribution in [3.05, 3.63) is 66.3 Å². The Labute approximate surface area is 250 Å². The zero-order chi connectivity index (χ0) is 30.1. The largest absolute Gasteiger partial charge is 0.479 e. The molecule has 3 N–H and O–H groups in total. The van der Waals surface area contributed by atoms with E-state index in [2.05, 4.69) is 15.6 Å². The zero-order valence-electron chi connectivity index (χ0n) is 23.3. The Balaban J connectivity index is 1.29. The van der Waals surface area contributed by atoms with E-state index in [0.29, 0.717) is 22.3 Å². The Morgan fingerprint density at radius 1 is 1.14 bits per heavy atom. The van der Waals surface area contributed by atoms with Crippen molar-refractivity contribution in [3.63, 3.8) is 0 Å². The summed E-state index contributed by atoms with van der Waals surface area (Å²) in [5.74, 6) is -3.20. The number of allylic oxidation sites excluding steroid dienone is 1. The highest BCUT2D eigenvalue weighted by atomic mass is 32.1. The molecule has 0 spiro atoms. The first-order valence-corrected chi connectivity index (χ1v) is 15.3. The van der Waals surface area contributed by atoms with E-state index < -0.39 is 47.2 Å². The Morgan fingerprint density at radius 3 is 2.79 bits per heavy atom. The number of halogens is 2. The molecular weight excluding hydrogens is 578 g/mol. The number of benzene rings is 2. The Bertz CT molecular complexity index is 1580. The van der Waals surface area contributed by atoms with Crippen LogP contribution in [0.3, 0.4) is 0 Å².